The maximum Gasteiger partial charge on any atom is 0.135 e. The second kappa shape index (κ2) is 7.98. The quantitative estimate of drug-likeness (QED) is 0.696. The molecule has 2 nitrogen and oxygen atoms in total. The Labute approximate surface area is 88.7 Å². The summed E-state index contributed by atoms with van der Waals surface area (Å²) in [5, 5.41) is 0. The molecule has 0 saturated heterocycles. The summed E-state index contributed by atoms with van der Waals surface area (Å²) < 4.78 is 0. The smallest absolute Gasteiger partial charge is 0.135 e. The Bertz CT molecular complexity index is 152. The van der Waals surface area contributed by atoms with Crippen LogP contribution >= 0.6 is 0 Å². The van der Waals surface area contributed by atoms with Crippen LogP contribution in [0.15, 0.2) is 0 Å². The number of carbonyl (C=O) groups is 1. The maximum atomic E-state index is 11.1. The molecule has 0 aromatic carbocycles. The van der Waals surface area contributed by atoms with E-state index in [0.29, 0.717) is 11.7 Å². The molecule has 0 heterocycles. The fourth-order valence-electron chi connectivity index (χ4n) is 1.64. The van der Waals surface area contributed by atoms with Crippen LogP contribution < -0.4 is 0 Å². The molecule has 14 heavy (non-hydrogen) atoms. The zero-order valence-corrected chi connectivity index (χ0v) is 10.2. The van der Waals surface area contributed by atoms with Crippen molar-refractivity contribution in [3.63, 3.8) is 0 Å². The van der Waals surface area contributed by atoms with Gasteiger partial charge in [-0.2, -0.15) is 0 Å². The Morgan fingerprint density at radius 3 is 2.29 bits per heavy atom. The van der Waals surface area contributed by atoms with E-state index < -0.39 is 0 Å². The first-order chi connectivity index (χ1) is 6.57. The van der Waals surface area contributed by atoms with E-state index >= 15 is 0 Å². The lowest BCUT2D eigenvalue weighted by Crippen LogP contribution is -2.05. The van der Waals surface area contributed by atoms with E-state index in [4.69, 9.17) is 0 Å². The van der Waals surface area contributed by atoms with Crippen molar-refractivity contribution in [3.05, 3.63) is 0 Å². The average Bonchev–Trinajstić information content (AvgIpc) is 2.47. The highest BCUT2D eigenvalue weighted by atomic mass is 16.1. The predicted molar refractivity (Wildman–Crippen MR) is 61.5 cm³/mol. The van der Waals surface area contributed by atoms with Gasteiger partial charge in [0.15, 0.2) is 0 Å². The summed E-state index contributed by atoms with van der Waals surface area (Å²) in [5.41, 5.74) is 0. The lowest BCUT2D eigenvalue weighted by Gasteiger charge is -2.04. The van der Waals surface area contributed by atoms with E-state index in [2.05, 4.69) is 6.92 Å². The van der Waals surface area contributed by atoms with Gasteiger partial charge in [0.1, 0.15) is 5.78 Å². The number of hydrogen-bond donors (Lipinski definition) is 0. The van der Waals surface area contributed by atoms with Crippen LogP contribution in [0.25, 0.3) is 0 Å². The second-order valence-electron chi connectivity index (χ2n) is 4.54. The third-order valence-corrected chi connectivity index (χ3v) is 2.34. The van der Waals surface area contributed by atoms with Gasteiger partial charge in [0, 0.05) is 12.3 Å². The zero-order valence-electron chi connectivity index (χ0n) is 10.2. The van der Waals surface area contributed by atoms with Gasteiger partial charge < -0.3 is 4.90 Å². The summed E-state index contributed by atoms with van der Waals surface area (Å²) in [6.07, 6.45) is 6.77. The summed E-state index contributed by atoms with van der Waals surface area (Å²) in [5.74, 6) is 0.966. The molecular formula is C12H25NO. The molecule has 2 heteroatoms. The van der Waals surface area contributed by atoms with Crippen molar-refractivity contribution in [3.8, 4) is 0 Å². The third-order valence-electron chi connectivity index (χ3n) is 2.34. The minimum absolute atomic E-state index is 0.444. The molecule has 0 aliphatic heterocycles. The minimum atomic E-state index is 0.444. The highest BCUT2D eigenvalue weighted by Crippen LogP contribution is 2.25. The molecule has 1 aliphatic carbocycles. The van der Waals surface area contributed by atoms with Crippen LogP contribution in [0.3, 0.4) is 0 Å². The standard InChI is InChI=1S/C9H16O.C3H9N/c1-2-3-5-8-6-4-7-9(8)10;1-4(2)3/h8H,2-7H2,1H3;1-3H3. The van der Waals surface area contributed by atoms with Gasteiger partial charge in [-0.25, -0.2) is 0 Å². The summed E-state index contributed by atoms with van der Waals surface area (Å²) in [4.78, 5) is 13.1. The molecule has 1 rings (SSSR count). The molecule has 0 bridgehead atoms. The first-order valence-electron chi connectivity index (χ1n) is 5.71. The van der Waals surface area contributed by atoms with E-state index in [9.17, 15) is 4.79 Å². The third kappa shape index (κ3) is 7.07. The highest BCUT2D eigenvalue weighted by molar-refractivity contribution is 5.82. The lowest BCUT2D eigenvalue weighted by atomic mass is 10.0. The van der Waals surface area contributed by atoms with Crippen LogP contribution in [0.2, 0.25) is 0 Å². The number of unbranched alkanes of at least 4 members (excludes halogenated alkanes) is 1. The lowest BCUT2D eigenvalue weighted by molar-refractivity contribution is -0.120. The SMILES string of the molecule is CCCCC1CCCC1=O.CN(C)C. The molecule has 0 radical (unpaired) electrons. The predicted octanol–water partition coefficient (Wildman–Crippen LogP) is 2.72. The molecule has 84 valence electrons. The zero-order chi connectivity index (χ0) is 11.0. The van der Waals surface area contributed by atoms with Crippen LogP contribution in [0.1, 0.15) is 45.4 Å². The fourth-order valence-corrected chi connectivity index (χ4v) is 1.64. The largest absolute Gasteiger partial charge is 0.312 e. The summed E-state index contributed by atoms with van der Waals surface area (Å²) in [6.45, 7) is 2.18. The van der Waals surface area contributed by atoms with Gasteiger partial charge in [0.2, 0.25) is 0 Å². The number of nitrogens with zero attached hydrogens (tertiary/aromatic N) is 1. The number of ketones is 1. The van der Waals surface area contributed by atoms with Crippen LogP contribution in [-0.4, -0.2) is 31.8 Å². The van der Waals surface area contributed by atoms with Crippen LogP contribution in [0.5, 0.6) is 0 Å². The normalized spacial score (nSPS) is 20.9. The Balaban J connectivity index is 0.000000364. The fraction of sp³-hybridized carbons (Fsp3) is 0.917. The number of carbonyl (C=O) groups excluding carboxylic acids is 1. The Hall–Kier alpha value is -0.370. The summed E-state index contributed by atoms with van der Waals surface area (Å²) in [7, 11) is 6.00. The van der Waals surface area contributed by atoms with Crippen molar-refractivity contribution < 1.29 is 4.79 Å². The van der Waals surface area contributed by atoms with Crippen molar-refractivity contribution in [2.24, 2.45) is 5.92 Å². The maximum absolute atomic E-state index is 11.1. The minimum Gasteiger partial charge on any atom is -0.312 e. The Kier molecular flexibility index (Phi) is 7.77. The monoisotopic (exact) mass is 199 g/mol. The van der Waals surface area contributed by atoms with E-state index in [1.54, 1.807) is 0 Å². The summed E-state index contributed by atoms with van der Waals surface area (Å²) >= 11 is 0. The van der Waals surface area contributed by atoms with Gasteiger partial charge in [0.25, 0.3) is 0 Å². The molecule has 1 atom stereocenters. The highest BCUT2D eigenvalue weighted by Gasteiger charge is 2.22. The second-order valence-corrected chi connectivity index (χ2v) is 4.54. The van der Waals surface area contributed by atoms with E-state index in [1.807, 2.05) is 26.0 Å². The number of hydrogen-bond acceptors (Lipinski definition) is 2. The topological polar surface area (TPSA) is 20.3 Å². The van der Waals surface area contributed by atoms with Gasteiger partial charge in [0.05, 0.1) is 0 Å². The Morgan fingerprint density at radius 2 is 1.93 bits per heavy atom. The van der Waals surface area contributed by atoms with Crippen molar-refractivity contribution in [2.45, 2.75) is 45.4 Å². The molecular weight excluding hydrogens is 174 g/mol. The summed E-state index contributed by atoms with van der Waals surface area (Å²) in [6, 6.07) is 0. The average molecular weight is 199 g/mol. The molecule has 0 amide bonds. The van der Waals surface area contributed by atoms with Gasteiger partial charge in [-0.3, -0.25) is 4.79 Å². The van der Waals surface area contributed by atoms with E-state index in [-0.39, 0.29) is 0 Å². The molecule has 0 aromatic rings. The molecule has 1 saturated carbocycles. The number of rotatable bonds is 3. The van der Waals surface area contributed by atoms with Gasteiger partial charge >= 0.3 is 0 Å². The van der Waals surface area contributed by atoms with E-state index in [0.717, 1.165) is 19.3 Å². The molecule has 0 N–H and O–H groups in total. The van der Waals surface area contributed by atoms with E-state index in [1.165, 1.54) is 19.3 Å². The van der Waals surface area contributed by atoms with Gasteiger partial charge in [-0.05, 0) is 40.4 Å². The van der Waals surface area contributed by atoms with Crippen molar-refractivity contribution in [2.75, 3.05) is 21.1 Å². The van der Waals surface area contributed by atoms with Crippen molar-refractivity contribution in [1.82, 2.24) is 4.90 Å². The molecule has 1 fully saturated rings. The molecule has 1 unspecified atom stereocenters. The molecule has 1 aliphatic rings. The first kappa shape index (κ1) is 13.6. The van der Waals surface area contributed by atoms with Crippen LogP contribution in [-0.2, 0) is 4.79 Å². The Morgan fingerprint density at radius 1 is 1.36 bits per heavy atom. The molecule has 0 spiro atoms. The first-order valence-corrected chi connectivity index (χ1v) is 5.71. The van der Waals surface area contributed by atoms with Crippen LogP contribution in [0.4, 0.5) is 0 Å². The number of Topliss-reactive ketones (excluding diaryl/α,β-unsaturated/α-hetero) is 1. The van der Waals surface area contributed by atoms with Crippen molar-refractivity contribution >= 4 is 5.78 Å². The molecule has 0 aromatic heterocycles. The van der Waals surface area contributed by atoms with Gasteiger partial charge in [-0.1, -0.05) is 19.8 Å². The van der Waals surface area contributed by atoms with Crippen molar-refractivity contribution in [1.29, 1.82) is 0 Å². The van der Waals surface area contributed by atoms with Crippen LogP contribution in [0, 0.1) is 5.92 Å². The van der Waals surface area contributed by atoms with Gasteiger partial charge in [-0.15, -0.1) is 0 Å².